The Hall–Kier alpha value is -3.39. The lowest BCUT2D eigenvalue weighted by molar-refractivity contribution is 0.495. The molecule has 8 heteroatoms. The van der Waals surface area contributed by atoms with E-state index in [9.17, 15) is 0 Å². The van der Waals surface area contributed by atoms with Gasteiger partial charge in [-0.1, -0.05) is 18.2 Å². The number of aromatic nitrogens is 2. The molecule has 0 aliphatic carbocycles. The van der Waals surface area contributed by atoms with Crippen LogP contribution in [0.5, 0.6) is 0 Å². The molecule has 0 bridgehead atoms. The summed E-state index contributed by atoms with van der Waals surface area (Å²) in [7, 11) is 1.91. The molecule has 0 amide bonds. The third-order valence-electron chi connectivity index (χ3n) is 5.47. The van der Waals surface area contributed by atoms with Gasteiger partial charge in [0.1, 0.15) is 6.17 Å². The van der Waals surface area contributed by atoms with Gasteiger partial charge in [0, 0.05) is 61.0 Å². The van der Waals surface area contributed by atoms with Crippen LogP contribution in [0, 0.1) is 0 Å². The first-order chi connectivity index (χ1) is 14.7. The van der Waals surface area contributed by atoms with Crippen molar-refractivity contribution >= 4 is 23.5 Å². The molecule has 1 aromatic heterocycles. The zero-order chi connectivity index (χ0) is 20.9. The molecule has 1 fully saturated rings. The predicted octanol–water partition coefficient (Wildman–Crippen LogP) is 1.93. The Morgan fingerprint density at radius 2 is 2.00 bits per heavy atom. The van der Waals surface area contributed by atoms with Crippen LogP contribution < -0.4 is 27.0 Å². The van der Waals surface area contributed by atoms with E-state index in [4.69, 9.17) is 16.5 Å². The smallest absolute Gasteiger partial charge is 0.225 e. The average Bonchev–Trinajstić information content (AvgIpc) is 2.80. The first kappa shape index (κ1) is 19.9. The van der Waals surface area contributed by atoms with Crippen molar-refractivity contribution < 1.29 is 0 Å². The molecule has 4 rings (SSSR count). The van der Waals surface area contributed by atoms with E-state index in [1.165, 1.54) is 6.34 Å². The van der Waals surface area contributed by atoms with Gasteiger partial charge in [0.15, 0.2) is 0 Å². The maximum absolute atomic E-state index is 6.06. The normalized spacial score (nSPS) is 19.6. The molecular formula is C22H28N8. The Bertz CT molecular complexity index is 956. The minimum Gasteiger partial charge on any atom is -0.390 e. The molecule has 1 unspecified atom stereocenters. The number of piperidine rings is 1. The Morgan fingerprint density at radius 3 is 2.63 bits per heavy atom. The number of nitrogens with one attached hydrogen (secondary N) is 2. The van der Waals surface area contributed by atoms with Crippen LogP contribution in [-0.2, 0) is 0 Å². The van der Waals surface area contributed by atoms with E-state index >= 15 is 0 Å². The van der Waals surface area contributed by atoms with Gasteiger partial charge in [0.25, 0.3) is 0 Å². The standard InChI is InChI=1S/C22H28N8/c1-25-18-5-2-15(3-6-18)21-19(16-4-7-20(26-12-16)28-14-23)13-27-22(29-21)30-10-8-17(24)9-11-30/h2-7,12-14,17,20,25-26H,8-11,24H2,1H3,(H2,23,28). The predicted molar refractivity (Wildman–Crippen MR) is 123 cm³/mol. The van der Waals surface area contributed by atoms with E-state index in [0.717, 1.165) is 60.0 Å². The van der Waals surface area contributed by atoms with Gasteiger partial charge in [-0.3, -0.25) is 0 Å². The van der Waals surface area contributed by atoms with Gasteiger partial charge < -0.3 is 27.0 Å². The number of anilines is 2. The van der Waals surface area contributed by atoms with Crippen LogP contribution in [0.3, 0.4) is 0 Å². The van der Waals surface area contributed by atoms with E-state index in [1.54, 1.807) is 0 Å². The lowest BCUT2D eigenvalue weighted by Crippen LogP contribution is -2.40. The maximum Gasteiger partial charge on any atom is 0.225 e. The summed E-state index contributed by atoms with van der Waals surface area (Å²) in [6, 6.07) is 8.53. The van der Waals surface area contributed by atoms with Crippen LogP contribution >= 0.6 is 0 Å². The number of dihydropyridines is 1. The highest BCUT2D eigenvalue weighted by atomic mass is 15.3. The van der Waals surface area contributed by atoms with Crippen LogP contribution in [-0.4, -0.2) is 48.7 Å². The number of hydrogen-bond donors (Lipinski definition) is 4. The summed E-state index contributed by atoms with van der Waals surface area (Å²) < 4.78 is 0. The zero-order valence-corrected chi connectivity index (χ0v) is 17.1. The summed E-state index contributed by atoms with van der Waals surface area (Å²) in [5, 5.41) is 6.39. The molecule has 2 aliphatic heterocycles. The summed E-state index contributed by atoms with van der Waals surface area (Å²) in [6.45, 7) is 1.75. The lowest BCUT2D eigenvalue weighted by Gasteiger charge is -2.30. The van der Waals surface area contributed by atoms with Gasteiger partial charge in [-0.2, -0.15) is 0 Å². The fourth-order valence-corrected chi connectivity index (χ4v) is 3.68. The van der Waals surface area contributed by atoms with Crippen molar-refractivity contribution in [1.29, 1.82) is 0 Å². The minimum absolute atomic E-state index is 0.158. The largest absolute Gasteiger partial charge is 0.390 e. The molecule has 2 aromatic rings. The maximum atomic E-state index is 6.06. The van der Waals surface area contributed by atoms with E-state index in [0.29, 0.717) is 0 Å². The van der Waals surface area contributed by atoms with Gasteiger partial charge in [-0.15, -0.1) is 0 Å². The zero-order valence-electron chi connectivity index (χ0n) is 17.1. The first-order valence-electron chi connectivity index (χ1n) is 10.2. The molecule has 156 valence electrons. The van der Waals surface area contributed by atoms with Crippen molar-refractivity contribution in [3.8, 4) is 11.3 Å². The van der Waals surface area contributed by atoms with Crippen LogP contribution in [0.4, 0.5) is 11.6 Å². The van der Waals surface area contributed by atoms with Crippen molar-refractivity contribution in [3.05, 3.63) is 54.4 Å². The first-order valence-corrected chi connectivity index (χ1v) is 10.2. The summed E-state index contributed by atoms with van der Waals surface area (Å²) in [5.74, 6) is 0.747. The fourth-order valence-electron chi connectivity index (χ4n) is 3.68. The number of hydrogen-bond acceptors (Lipinski definition) is 7. The lowest BCUT2D eigenvalue weighted by atomic mass is 9.99. The number of allylic oxidation sites excluding steroid dienone is 2. The molecule has 0 radical (unpaired) electrons. The van der Waals surface area contributed by atoms with Crippen molar-refractivity contribution in [2.45, 2.75) is 25.0 Å². The number of nitrogens with two attached hydrogens (primary N) is 2. The van der Waals surface area contributed by atoms with Gasteiger partial charge in [0.05, 0.1) is 12.0 Å². The van der Waals surface area contributed by atoms with Crippen molar-refractivity contribution in [3.63, 3.8) is 0 Å². The summed E-state index contributed by atoms with van der Waals surface area (Å²) in [5.41, 5.74) is 16.4. The van der Waals surface area contributed by atoms with Gasteiger partial charge >= 0.3 is 0 Å². The number of aliphatic imine (C=N–C) groups is 1. The number of benzene rings is 1. The van der Waals surface area contributed by atoms with Crippen molar-refractivity contribution in [2.24, 2.45) is 16.5 Å². The Morgan fingerprint density at radius 1 is 1.23 bits per heavy atom. The van der Waals surface area contributed by atoms with E-state index < -0.39 is 0 Å². The van der Waals surface area contributed by atoms with Gasteiger partial charge in [-0.25, -0.2) is 15.0 Å². The molecule has 1 saturated heterocycles. The molecule has 6 N–H and O–H groups in total. The molecular weight excluding hydrogens is 376 g/mol. The average molecular weight is 405 g/mol. The molecule has 1 atom stereocenters. The quantitative estimate of drug-likeness (QED) is 0.444. The molecule has 3 heterocycles. The molecule has 0 saturated carbocycles. The second kappa shape index (κ2) is 8.96. The molecule has 8 nitrogen and oxygen atoms in total. The van der Waals surface area contributed by atoms with Crippen molar-refractivity contribution in [2.75, 3.05) is 30.4 Å². The van der Waals surface area contributed by atoms with Crippen LogP contribution in [0.1, 0.15) is 18.4 Å². The van der Waals surface area contributed by atoms with Gasteiger partial charge in [-0.05, 0) is 31.1 Å². The molecule has 2 aliphatic rings. The monoisotopic (exact) mass is 404 g/mol. The van der Waals surface area contributed by atoms with Crippen LogP contribution in [0.2, 0.25) is 0 Å². The van der Waals surface area contributed by atoms with Gasteiger partial charge in [0.2, 0.25) is 5.95 Å². The SMILES string of the molecule is CNc1ccc(-c2nc(N3CCC(N)CC3)ncc2C2=CNC(N=CN)C=C2)cc1. The fraction of sp³-hybridized carbons (Fsp3) is 0.318. The molecule has 0 spiro atoms. The number of nitrogens with zero attached hydrogens (tertiary/aromatic N) is 4. The third kappa shape index (κ3) is 4.28. The molecule has 1 aromatic carbocycles. The Kier molecular flexibility index (Phi) is 5.94. The third-order valence-corrected chi connectivity index (χ3v) is 5.47. The van der Waals surface area contributed by atoms with Crippen LogP contribution in [0.25, 0.3) is 16.8 Å². The molecule has 30 heavy (non-hydrogen) atoms. The van der Waals surface area contributed by atoms with Crippen molar-refractivity contribution in [1.82, 2.24) is 15.3 Å². The highest BCUT2D eigenvalue weighted by Gasteiger charge is 2.21. The summed E-state index contributed by atoms with van der Waals surface area (Å²) in [4.78, 5) is 16.0. The number of rotatable bonds is 5. The van der Waals surface area contributed by atoms with Crippen LogP contribution in [0.15, 0.2) is 53.8 Å². The minimum atomic E-state index is -0.158. The van der Waals surface area contributed by atoms with E-state index in [2.05, 4.69) is 49.8 Å². The highest BCUT2D eigenvalue weighted by Crippen LogP contribution is 2.31. The van der Waals surface area contributed by atoms with E-state index in [-0.39, 0.29) is 12.2 Å². The highest BCUT2D eigenvalue weighted by molar-refractivity contribution is 5.84. The summed E-state index contributed by atoms with van der Waals surface area (Å²) >= 11 is 0. The second-order valence-corrected chi connectivity index (χ2v) is 7.45. The second-order valence-electron chi connectivity index (χ2n) is 7.45. The van der Waals surface area contributed by atoms with E-state index in [1.807, 2.05) is 31.6 Å². The Labute approximate surface area is 176 Å². The summed E-state index contributed by atoms with van der Waals surface area (Å²) in [6.07, 6.45) is 10.9. The Balaban J connectivity index is 1.71. The topological polar surface area (TPSA) is 117 Å².